The highest BCUT2D eigenvalue weighted by Crippen LogP contribution is 2.33. The number of para-hydroxylation sites is 1. The van der Waals surface area contributed by atoms with Crippen LogP contribution in [0.5, 0.6) is 0 Å². The van der Waals surface area contributed by atoms with E-state index in [0.717, 1.165) is 49.6 Å². The maximum Gasteiger partial charge on any atom is 0.268 e. The van der Waals surface area contributed by atoms with Crippen molar-refractivity contribution in [2.75, 3.05) is 6.54 Å². The molecule has 5 heteroatoms. The Kier molecular flexibility index (Phi) is 5.18. The Morgan fingerprint density at radius 2 is 2.04 bits per heavy atom. The predicted octanol–water partition coefficient (Wildman–Crippen LogP) is 3.36. The first kappa shape index (κ1) is 18.1. The van der Waals surface area contributed by atoms with Gasteiger partial charge in [0.05, 0.1) is 12.1 Å². The number of hydrogen-bond donors (Lipinski definition) is 2. The van der Waals surface area contributed by atoms with Crippen LogP contribution in [0, 0.1) is 23.2 Å². The summed E-state index contributed by atoms with van der Waals surface area (Å²) < 4.78 is 1.97. The number of nitriles is 1. The van der Waals surface area contributed by atoms with Crippen LogP contribution >= 0.6 is 0 Å². The van der Waals surface area contributed by atoms with Crippen molar-refractivity contribution >= 4 is 16.8 Å². The lowest BCUT2D eigenvalue weighted by Crippen LogP contribution is -2.47. The number of aryl methyl sites for hydroxylation is 1. The number of carbonyl (C=O) groups excluding carboxylic acids is 1. The minimum absolute atomic E-state index is 0.00428. The van der Waals surface area contributed by atoms with Crippen LogP contribution in [0.4, 0.5) is 0 Å². The Morgan fingerprint density at radius 1 is 1.26 bits per heavy atom. The van der Waals surface area contributed by atoms with Gasteiger partial charge in [0.1, 0.15) is 5.69 Å². The first-order valence-corrected chi connectivity index (χ1v) is 10.2. The van der Waals surface area contributed by atoms with E-state index in [0.29, 0.717) is 17.5 Å². The van der Waals surface area contributed by atoms with E-state index in [9.17, 15) is 10.1 Å². The van der Waals surface area contributed by atoms with Crippen molar-refractivity contribution in [1.82, 2.24) is 15.2 Å². The zero-order chi connectivity index (χ0) is 18.8. The van der Waals surface area contributed by atoms with Crippen molar-refractivity contribution in [1.29, 1.82) is 5.26 Å². The van der Waals surface area contributed by atoms with Gasteiger partial charge in [0.25, 0.3) is 5.91 Å². The van der Waals surface area contributed by atoms with Gasteiger partial charge in [0.15, 0.2) is 0 Å². The summed E-state index contributed by atoms with van der Waals surface area (Å²) in [5.74, 6) is 0.930. The van der Waals surface area contributed by atoms with Gasteiger partial charge >= 0.3 is 0 Å². The molecule has 5 nitrogen and oxygen atoms in total. The molecule has 2 aromatic rings. The quantitative estimate of drug-likeness (QED) is 0.826. The molecule has 3 atom stereocenters. The van der Waals surface area contributed by atoms with Crippen molar-refractivity contribution < 1.29 is 4.79 Å². The zero-order valence-corrected chi connectivity index (χ0v) is 15.9. The number of rotatable bonds is 6. The van der Waals surface area contributed by atoms with E-state index in [2.05, 4.69) is 16.7 Å². The molecule has 27 heavy (non-hydrogen) atoms. The molecule has 4 rings (SSSR count). The summed E-state index contributed by atoms with van der Waals surface area (Å²) in [7, 11) is 1.95. The van der Waals surface area contributed by atoms with Crippen LogP contribution in [-0.2, 0) is 7.05 Å². The third kappa shape index (κ3) is 3.86. The van der Waals surface area contributed by atoms with Crippen molar-refractivity contribution in [2.24, 2.45) is 18.9 Å². The molecule has 0 saturated heterocycles. The lowest BCUT2D eigenvalue weighted by atomic mass is 9.84. The molecule has 2 aliphatic rings. The average molecular weight is 364 g/mol. The summed E-state index contributed by atoms with van der Waals surface area (Å²) >= 11 is 0. The molecule has 2 saturated carbocycles. The molecule has 0 bridgehead atoms. The first-order chi connectivity index (χ1) is 13.2. The van der Waals surface area contributed by atoms with E-state index in [4.69, 9.17) is 0 Å². The summed E-state index contributed by atoms with van der Waals surface area (Å²) in [6.07, 6.45) is 6.81. The molecule has 0 spiro atoms. The number of amides is 1. The van der Waals surface area contributed by atoms with Crippen LogP contribution in [0.15, 0.2) is 30.3 Å². The number of nitrogens with one attached hydrogen (secondary N) is 2. The fraction of sp³-hybridized carbons (Fsp3) is 0.545. The van der Waals surface area contributed by atoms with Gasteiger partial charge in [-0.2, -0.15) is 5.26 Å². The van der Waals surface area contributed by atoms with E-state index in [1.54, 1.807) is 0 Å². The molecule has 2 N–H and O–H groups in total. The van der Waals surface area contributed by atoms with Gasteiger partial charge in [0.2, 0.25) is 0 Å². The third-order valence-corrected chi connectivity index (χ3v) is 6.24. The molecular formula is C22H28N4O. The summed E-state index contributed by atoms with van der Waals surface area (Å²) in [5.41, 5.74) is 1.78. The van der Waals surface area contributed by atoms with Crippen molar-refractivity contribution in [3.8, 4) is 6.07 Å². The lowest BCUT2D eigenvalue weighted by Gasteiger charge is -2.33. The standard InChI is InChI=1S/C22H28N4O/c1-26-20-9-5-3-6-16(20)12-21(26)22(27)25-18-8-4-2-7-17(18)14-24-19(13-23)15-10-11-15/h3,5-6,9,12,15,17-19,24H,2,4,7-8,10-11,14H2,1H3,(H,25,27)/t17-,18+,19?/m1/s1. The van der Waals surface area contributed by atoms with Gasteiger partial charge in [0, 0.05) is 30.5 Å². The summed E-state index contributed by atoms with van der Waals surface area (Å²) in [6, 6.07) is 12.6. The highest BCUT2D eigenvalue weighted by Gasteiger charge is 2.33. The van der Waals surface area contributed by atoms with Gasteiger partial charge in [-0.1, -0.05) is 31.0 Å². The van der Waals surface area contributed by atoms with Gasteiger partial charge in [-0.25, -0.2) is 0 Å². The van der Waals surface area contributed by atoms with Crippen LogP contribution in [0.3, 0.4) is 0 Å². The lowest BCUT2D eigenvalue weighted by molar-refractivity contribution is 0.0897. The minimum atomic E-state index is -0.0264. The van der Waals surface area contributed by atoms with Crippen LogP contribution in [0.1, 0.15) is 49.0 Å². The second-order valence-corrected chi connectivity index (χ2v) is 8.12. The van der Waals surface area contributed by atoms with Gasteiger partial charge in [-0.05, 0) is 49.7 Å². The number of benzene rings is 1. The van der Waals surface area contributed by atoms with Gasteiger partial charge < -0.3 is 15.2 Å². The molecule has 142 valence electrons. The number of aromatic nitrogens is 1. The van der Waals surface area contributed by atoms with E-state index in [-0.39, 0.29) is 18.0 Å². The van der Waals surface area contributed by atoms with Gasteiger partial charge in [-0.3, -0.25) is 4.79 Å². The number of nitrogens with zero attached hydrogens (tertiary/aromatic N) is 2. The summed E-state index contributed by atoms with van der Waals surface area (Å²) in [4.78, 5) is 13.0. The minimum Gasteiger partial charge on any atom is -0.348 e. The first-order valence-electron chi connectivity index (χ1n) is 10.2. The fourth-order valence-electron chi connectivity index (χ4n) is 4.42. The van der Waals surface area contributed by atoms with E-state index < -0.39 is 0 Å². The van der Waals surface area contributed by atoms with Crippen LogP contribution < -0.4 is 10.6 Å². The summed E-state index contributed by atoms with van der Waals surface area (Å²) in [6.45, 7) is 0.814. The zero-order valence-electron chi connectivity index (χ0n) is 15.9. The Morgan fingerprint density at radius 3 is 2.78 bits per heavy atom. The van der Waals surface area contributed by atoms with Crippen LogP contribution in [0.25, 0.3) is 10.9 Å². The third-order valence-electron chi connectivity index (χ3n) is 6.24. The highest BCUT2D eigenvalue weighted by atomic mass is 16.2. The number of fused-ring (bicyclic) bond motifs is 1. The van der Waals surface area contributed by atoms with E-state index >= 15 is 0 Å². The van der Waals surface area contributed by atoms with Crippen molar-refractivity contribution in [2.45, 2.75) is 50.6 Å². The molecule has 1 aromatic heterocycles. The largest absolute Gasteiger partial charge is 0.348 e. The Hall–Kier alpha value is -2.32. The molecule has 1 aromatic carbocycles. The van der Waals surface area contributed by atoms with Crippen molar-refractivity contribution in [3.05, 3.63) is 36.0 Å². The monoisotopic (exact) mass is 364 g/mol. The predicted molar refractivity (Wildman–Crippen MR) is 106 cm³/mol. The summed E-state index contributed by atoms with van der Waals surface area (Å²) in [5, 5.41) is 17.2. The molecular weight excluding hydrogens is 336 g/mol. The molecule has 1 heterocycles. The Balaban J connectivity index is 1.43. The Bertz CT molecular complexity index is 861. The molecule has 0 radical (unpaired) electrons. The highest BCUT2D eigenvalue weighted by molar-refractivity contribution is 5.98. The molecule has 1 unspecified atom stereocenters. The van der Waals surface area contributed by atoms with Crippen LogP contribution in [0.2, 0.25) is 0 Å². The van der Waals surface area contributed by atoms with Crippen molar-refractivity contribution in [3.63, 3.8) is 0 Å². The second-order valence-electron chi connectivity index (χ2n) is 8.12. The fourth-order valence-corrected chi connectivity index (χ4v) is 4.42. The maximum atomic E-state index is 13.0. The average Bonchev–Trinajstić information content (AvgIpc) is 3.47. The smallest absolute Gasteiger partial charge is 0.268 e. The SMILES string of the molecule is Cn1c(C(=O)N[C@H]2CCCC[C@@H]2CNC(C#N)C2CC2)cc2ccccc21. The second kappa shape index (κ2) is 7.74. The van der Waals surface area contributed by atoms with Crippen LogP contribution in [-0.4, -0.2) is 29.1 Å². The molecule has 0 aliphatic heterocycles. The van der Waals surface area contributed by atoms with E-state index in [1.807, 2.05) is 41.9 Å². The number of carbonyl (C=O) groups is 1. The molecule has 2 fully saturated rings. The molecule has 1 amide bonds. The topological polar surface area (TPSA) is 69.8 Å². The maximum absolute atomic E-state index is 13.0. The Labute approximate surface area is 160 Å². The molecule has 2 aliphatic carbocycles. The van der Waals surface area contributed by atoms with Gasteiger partial charge in [-0.15, -0.1) is 0 Å². The normalized spacial score (nSPS) is 23.7. The van der Waals surface area contributed by atoms with E-state index in [1.165, 1.54) is 6.42 Å². The number of hydrogen-bond acceptors (Lipinski definition) is 3.